The highest BCUT2D eigenvalue weighted by Crippen LogP contribution is 2.43. The summed E-state index contributed by atoms with van der Waals surface area (Å²) in [6, 6.07) is 8.55. The molecular weight excluding hydrogens is 485 g/mol. The molecule has 11 heteroatoms. The molecule has 8 nitrogen and oxygen atoms in total. The van der Waals surface area contributed by atoms with Crippen LogP contribution in [0.2, 0.25) is 0 Å². The Labute approximate surface area is 211 Å². The van der Waals surface area contributed by atoms with Gasteiger partial charge in [0.1, 0.15) is 5.82 Å². The zero-order chi connectivity index (χ0) is 25.7. The molecule has 0 saturated carbocycles. The number of pyridine rings is 2. The normalized spacial score (nSPS) is 18.0. The van der Waals surface area contributed by atoms with Gasteiger partial charge in [-0.25, -0.2) is 24.3 Å². The first-order chi connectivity index (χ1) is 17.9. The van der Waals surface area contributed by atoms with Crippen LogP contribution >= 0.6 is 0 Å². The smallest absolute Gasteiger partial charge is 0.313 e. The lowest BCUT2D eigenvalue weighted by molar-refractivity contribution is 0.177. The first-order valence-electron chi connectivity index (χ1n) is 11.6. The molecule has 0 spiro atoms. The van der Waals surface area contributed by atoms with Crippen molar-refractivity contribution in [1.29, 1.82) is 0 Å². The van der Waals surface area contributed by atoms with Gasteiger partial charge >= 0.3 is 6.03 Å². The van der Waals surface area contributed by atoms with E-state index in [-0.39, 0.29) is 48.4 Å². The summed E-state index contributed by atoms with van der Waals surface area (Å²) in [5.41, 5.74) is 1.09. The fourth-order valence-electron chi connectivity index (χ4n) is 5.28. The number of fused-ring (bicyclic) bond motifs is 4. The van der Waals surface area contributed by atoms with Crippen molar-refractivity contribution >= 4 is 11.7 Å². The average molecular weight is 509 g/mol. The Kier molecular flexibility index (Phi) is 5.47. The first kappa shape index (κ1) is 22.9. The van der Waals surface area contributed by atoms with Crippen LogP contribution in [0, 0.1) is 17.7 Å². The number of hydrogen-bond acceptors (Lipinski definition) is 5. The molecule has 1 saturated heterocycles. The number of carbonyl (C=O) groups is 1. The van der Waals surface area contributed by atoms with Crippen molar-refractivity contribution in [3.05, 3.63) is 94.2 Å². The second-order valence-electron chi connectivity index (χ2n) is 8.99. The van der Waals surface area contributed by atoms with Crippen LogP contribution in [0.15, 0.2) is 59.7 Å². The Morgan fingerprint density at radius 2 is 1.65 bits per heavy atom. The van der Waals surface area contributed by atoms with Crippen LogP contribution in [0.4, 0.5) is 23.7 Å². The largest absolute Gasteiger partial charge is 0.322 e. The Hall–Kier alpha value is -4.54. The maximum Gasteiger partial charge on any atom is 0.322 e. The molecule has 5 heterocycles. The van der Waals surface area contributed by atoms with Gasteiger partial charge in [0.2, 0.25) is 11.9 Å². The van der Waals surface area contributed by atoms with E-state index in [4.69, 9.17) is 0 Å². The highest BCUT2D eigenvalue weighted by Gasteiger charge is 2.44. The number of benzene rings is 1. The van der Waals surface area contributed by atoms with Gasteiger partial charge in [0.25, 0.3) is 5.56 Å². The molecule has 190 valence electrons. The number of nitrogens with one attached hydrogen (secondary N) is 2. The highest BCUT2D eigenvalue weighted by molar-refractivity contribution is 5.94. The molecule has 2 atom stereocenters. The van der Waals surface area contributed by atoms with Crippen LogP contribution in [0.5, 0.6) is 0 Å². The maximum atomic E-state index is 15.3. The molecule has 0 unspecified atom stereocenters. The van der Waals surface area contributed by atoms with E-state index in [0.717, 1.165) is 11.6 Å². The van der Waals surface area contributed by atoms with Crippen LogP contribution in [0.1, 0.15) is 33.0 Å². The number of rotatable bonds is 3. The number of hydrogen-bond donors (Lipinski definition) is 2. The lowest BCUT2D eigenvalue weighted by Crippen LogP contribution is -2.45. The number of aromatic amines is 1. The Morgan fingerprint density at radius 3 is 2.32 bits per heavy atom. The molecule has 1 fully saturated rings. The Morgan fingerprint density at radius 1 is 0.973 bits per heavy atom. The zero-order valence-corrected chi connectivity index (χ0v) is 19.2. The van der Waals surface area contributed by atoms with Gasteiger partial charge in [-0.15, -0.1) is 0 Å². The van der Waals surface area contributed by atoms with E-state index in [0.29, 0.717) is 25.0 Å². The van der Waals surface area contributed by atoms with E-state index in [9.17, 15) is 18.4 Å². The van der Waals surface area contributed by atoms with Gasteiger partial charge in [0.15, 0.2) is 0 Å². The van der Waals surface area contributed by atoms with Crippen molar-refractivity contribution in [2.24, 2.45) is 0 Å². The molecule has 1 aromatic carbocycles. The molecule has 2 N–H and O–H groups in total. The van der Waals surface area contributed by atoms with Crippen LogP contribution in [0.25, 0.3) is 22.3 Å². The van der Waals surface area contributed by atoms with Crippen molar-refractivity contribution in [3.8, 4) is 22.3 Å². The summed E-state index contributed by atoms with van der Waals surface area (Å²) in [5, 5.41) is 9.17. The number of H-pyrrole nitrogens is 1. The van der Waals surface area contributed by atoms with Crippen molar-refractivity contribution in [1.82, 2.24) is 25.1 Å². The predicted molar refractivity (Wildman–Crippen MR) is 132 cm³/mol. The number of urea groups is 1. The Bertz CT molecular complexity index is 1620. The first-order valence-corrected chi connectivity index (χ1v) is 11.6. The van der Waals surface area contributed by atoms with Crippen molar-refractivity contribution in [2.45, 2.75) is 31.3 Å². The van der Waals surface area contributed by atoms with E-state index >= 15 is 4.39 Å². The van der Waals surface area contributed by atoms with Crippen molar-refractivity contribution in [3.63, 3.8) is 0 Å². The standard InChI is InChI=1S/C26H19F3N6O2.2H2/c27-19-11-17(15-3-1-7-30-24(15)28)18(16-4-2-8-31-25(16)29)12-20(19)32-26(37)35-14-5-6-21(35)23-13(9-14)10-22(36)33-34-23;;/h1-4,7-8,10-12,14,21H,5-6,9H2,(H,32,37)(H,33,36);2*1H/t14-,21+;;/m0../s1. The van der Waals surface area contributed by atoms with E-state index in [1.54, 1.807) is 4.90 Å². The lowest BCUT2D eigenvalue weighted by atomic mass is 9.95. The topological polar surface area (TPSA) is 104 Å². The summed E-state index contributed by atoms with van der Waals surface area (Å²) in [5.74, 6) is -2.51. The number of halogens is 3. The molecule has 2 bridgehead atoms. The summed E-state index contributed by atoms with van der Waals surface area (Å²) in [4.78, 5) is 33.9. The molecule has 2 aliphatic rings. The zero-order valence-electron chi connectivity index (χ0n) is 19.2. The quantitative estimate of drug-likeness (QED) is 0.375. The van der Waals surface area contributed by atoms with Crippen molar-refractivity contribution in [2.75, 3.05) is 5.32 Å². The van der Waals surface area contributed by atoms with Gasteiger partial charge in [0.05, 0.1) is 17.4 Å². The summed E-state index contributed by atoms with van der Waals surface area (Å²) in [6.07, 6.45) is 4.34. The lowest BCUT2D eigenvalue weighted by Gasteiger charge is -2.35. The van der Waals surface area contributed by atoms with Gasteiger partial charge in [-0.2, -0.15) is 13.9 Å². The van der Waals surface area contributed by atoms with E-state index < -0.39 is 23.7 Å². The van der Waals surface area contributed by atoms with Crippen LogP contribution in [-0.4, -0.2) is 37.1 Å². The third kappa shape index (κ3) is 3.92. The minimum Gasteiger partial charge on any atom is -0.313 e. The molecule has 0 aliphatic carbocycles. The van der Waals surface area contributed by atoms with Gasteiger partial charge in [-0.05, 0) is 72.4 Å². The van der Waals surface area contributed by atoms with E-state index in [2.05, 4.69) is 25.5 Å². The number of amides is 2. The monoisotopic (exact) mass is 508 g/mol. The fourth-order valence-corrected chi connectivity index (χ4v) is 5.28. The summed E-state index contributed by atoms with van der Waals surface area (Å²) in [7, 11) is 0. The predicted octanol–water partition coefficient (Wildman–Crippen LogP) is 5.10. The van der Waals surface area contributed by atoms with E-state index in [1.165, 1.54) is 48.8 Å². The SMILES string of the molecule is O=C(Nc1cc(-c2cccnc2F)c(-c2cccnc2F)cc1F)N1[C@H]2CC[C@@H]1c1n[nH]c(=O)cc1C2.[HH].[HH]. The summed E-state index contributed by atoms with van der Waals surface area (Å²) < 4.78 is 44.6. The number of nitrogens with zero attached hydrogens (tertiary/aromatic N) is 4. The highest BCUT2D eigenvalue weighted by atomic mass is 19.1. The van der Waals surface area contributed by atoms with Crippen LogP contribution in [-0.2, 0) is 6.42 Å². The maximum absolute atomic E-state index is 15.3. The molecule has 3 aromatic heterocycles. The molecule has 4 aromatic rings. The molecule has 2 aliphatic heterocycles. The number of carbonyl (C=O) groups excluding carboxylic acids is 1. The second kappa shape index (κ2) is 8.84. The van der Waals surface area contributed by atoms with Gasteiger partial charge < -0.3 is 10.2 Å². The minimum absolute atomic E-state index is 0. The summed E-state index contributed by atoms with van der Waals surface area (Å²) in [6.45, 7) is 0. The molecular formula is C26H23F3N6O2. The Balaban J connectivity index is 0.00000176. The fraction of sp³-hybridized carbons (Fsp3) is 0.192. The molecule has 37 heavy (non-hydrogen) atoms. The molecule has 0 radical (unpaired) electrons. The molecule has 2 amide bonds. The van der Waals surface area contributed by atoms with Crippen LogP contribution < -0.4 is 10.9 Å². The van der Waals surface area contributed by atoms with Crippen molar-refractivity contribution < 1.29 is 20.8 Å². The minimum atomic E-state index is -0.849. The molecule has 6 rings (SSSR count). The van der Waals surface area contributed by atoms with Crippen LogP contribution in [0.3, 0.4) is 0 Å². The number of aromatic nitrogens is 4. The third-order valence-corrected chi connectivity index (χ3v) is 6.88. The second-order valence-corrected chi connectivity index (χ2v) is 8.99. The van der Waals surface area contributed by atoms with Gasteiger partial charge in [0, 0.05) is 38.5 Å². The average Bonchev–Trinajstić information content (AvgIpc) is 3.20. The summed E-state index contributed by atoms with van der Waals surface area (Å²) >= 11 is 0. The van der Waals surface area contributed by atoms with Gasteiger partial charge in [-0.3, -0.25) is 4.79 Å². The third-order valence-electron chi connectivity index (χ3n) is 6.88. The van der Waals surface area contributed by atoms with E-state index in [1.807, 2.05) is 0 Å². The van der Waals surface area contributed by atoms with Gasteiger partial charge in [-0.1, -0.05) is 0 Å². The number of anilines is 1.